The Morgan fingerprint density at radius 2 is 1.70 bits per heavy atom. The van der Waals surface area contributed by atoms with Crippen LogP contribution in [0.5, 0.6) is 0 Å². The summed E-state index contributed by atoms with van der Waals surface area (Å²) in [6, 6.07) is 17.8. The van der Waals surface area contributed by atoms with Gasteiger partial charge in [0.15, 0.2) is 0 Å². The predicted octanol–water partition coefficient (Wildman–Crippen LogP) is 3.82. The van der Waals surface area contributed by atoms with Gasteiger partial charge in [0.2, 0.25) is 5.91 Å². The molecule has 2 aromatic carbocycles. The highest BCUT2D eigenvalue weighted by molar-refractivity contribution is 9.10. The van der Waals surface area contributed by atoms with Gasteiger partial charge in [-0.2, -0.15) is 0 Å². The normalized spacial score (nSPS) is 14.9. The molecule has 0 saturated heterocycles. The molecule has 4 heteroatoms. The van der Waals surface area contributed by atoms with Gasteiger partial charge in [-0.15, -0.1) is 0 Å². The third-order valence-corrected chi connectivity index (χ3v) is 4.89. The standard InChI is InChI=1S/C19H22BrNO2/c1-13(14-7-9-16(20)10-8-14)18(19(21)23)17(11-12-22)15-5-3-2-4-6-15/h2-10,13,17-18,22H,11-12H2,1H3,(H2,21,23)/t13-,17?,18?/m1/s1. The molecule has 0 bridgehead atoms. The van der Waals surface area contributed by atoms with Crippen LogP contribution in [0.25, 0.3) is 0 Å². The van der Waals surface area contributed by atoms with Gasteiger partial charge in [0, 0.05) is 11.1 Å². The van der Waals surface area contributed by atoms with Crippen LogP contribution in [0, 0.1) is 5.92 Å². The summed E-state index contributed by atoms with van der Waals surface area (Å²) in [7, 11) is 0. The van der Waals surface area contributed by atoms with Crippen molar-refractivity contribution in [3.05, 3.63) is 70.2 Å². The Bertz CT molecular complexity index is 628. The summed E-state index contributed by atoms with van der Waals surface area (Å²) in [5.74, 6) is -0.830. The quantitative estimate of drug-likeness (QED) is 0.772. The van der Waals surface area contributed by atoms with Gasteiger partial charge in [0.05, 0.1) is 5.92 Å². The van der Waals surface area contributed by atoms with Crippen LogP contribution in [0.1, 0.15) is 36.3 Å². The maximum atomic E-state index is 12.2. The highest BCUT2D eigenvalue weighted by atomic mass is 79.9. The fourth-order valence-electron chi connectivity index (χ4n) is 3.16. The highest BCUT2D eigenvalue weighted by Gasteiger charge is 2.33. The number of rotatable bonds is 7. The van der Waals surface area contributed by atoms with Crippen molar-refractivity contribution >= 4 is 21.8 Å². The van der Waals surface area contributed by atoms with Crippen LogP contribution in [-0.4, -0.2) is 17.6 Å². The Morgan fingerprint density at radius 1 is 1.09 bits per heavy atom. The summed E-state index contributed by atoms with van der Waals surface area (Å²) in [6.07, 6.45) is 0.512. The van der Waals surface area contributed by atoms with Crippen molar-refractivity contribution in [3.63, 3.8) is 0 Å². The molecular formula is C19H22BrNO2. The minimum Gasteiger partial charge on any atom is -0.396 e. The third kappa shape index (κ3) is 4.43. The number of primary amides is 1. The molecule has 2 unspecified atom stereocenters. The first-order chi connectivity index (χ1) is 11.0. The number of carbonyl (C=O) groups is 1. The van der Waals surface area contributed by atoms with Crippen LogP contribution in [0.15, 0.2) is 59.1 Å². The van der Waals surface area contributed by atoms with E-state index < -0.39 is 0 Å². The lowest BCUT2D eigenvalue weighted by atomic mass is 9.74. The molecule has 23 heavy (non-hydrogen) atoms. The maximum absolute atomic E-state index is 12.2. The van der Waals surface area contributed by atoms with Crippen molar-refractivity contribution < 1.29 is 9.90 Å². The van der Waals surface area contributed by atoms with E-state index in [2.05, 4.69) is 15.9 Å². The zero-order valence-electron chi connectivity index (χ0n) is 13.2. The molecule has 2 aromatic rings. The Morgan fingerprint density at radius 3 is 2.22 bits per heavy atom. The second kappa shape index (κ2) is 8.27. The zero-order chi connectivity index (χ0) is 16.8. The van der Waals surface area contributed by atoms with E-state index in [-0.39, 0.29) is 30.3 Å². The van der Waals surface area contributed by atoms with Crippen molar-refractivity contribution in [1.82, 2.24) is 0 Å². The van der Waals surface area contributed by atoms with E-state index in [0.717, 1.165) is 15.6 Å². The average molecular weight is 376 g/mol. The second-order valence-corrected chi connectivity index (χ2v) is 6.71. The minimum atomic E-state index is -0.370. The van der Waals surface area contributed by atoms with E-state index in [1.165, 1.54) is 0 Å². The van der Waals surface area contributed by atoms with Gasteiger partial charge >= 0.3 is 0 Å². The summed E-state index contributed by atoms with van der Waals surface area (Å²) in [5, 5.41) is 9.46. The van der Waals surface area contributed by atoms with Crippen LogP contribution in [0.2, 0.25) is 0 Å². The van der Waals surface area contributed by atoms with Gasteiger partial charge in [-0.1, -0.05) is 65.3 Å². The lowest BCUT2D eigenvalue weighted by Gasteiger charge is -2.30. The molecule has 3 atom stereocenters. The monoisotopic (exact) mass is 375 g/mol. The van der Waals surface area contributed by atoms with Crippen molar-refractivity contribution in [2.24, 2.45) is 11.7 Å². The number of carbonyl (C=O) groups excluding carboxylic acids is 1. The first kappa shape index (κ1) is 17.7. The van der Waals surface area contributed by atoms with Gasteiger partial charge in [-0.05, 0) is 41.5 Å². The molecule has 0 aliphatic rings. The number of hydrogen-bond donors (Lipinski definition) is 2. The molecule has 0 spiro atoms. The molecule has 122 valence electrons. The molecule has 0 aliphatic carbocycles. The van der Waals surface area contributed by atoms with E-state index in [0.29, 0.717) is 6.42 Å². The van der Waals surface area contributed by atoms with Crippen molar-refractivity contribution in [3.8, 4) is 0 Å². The van der Waals surface area contributed by atoms with E-state index in [9.17, 15) is 9.90 Å². The number of aliphatic hydroxyl groups excluding tert-OH is 1. The molecule has 2 rings (SSSR count). The number of hydrogen-bond acceptors (Lipinski definition) is 2. The van der Waals surface area contributed by atoms with Crippen LogP contribution in [-0.2, 0) is 4.79 Å². The summed E-state index contributed by atoms with van der Waals surface area (Å²) < 4.78 is 0.999. The molecule has 0 saturated carbocycles. The molecular weight excluding hydrogens is 354 g/mol. The molecule has 3 N–H and O–H groups in total. The number of amides is 1. The van der Waals surface area contributed by atoms with Gasteiger partial charge < -0.3 is 10.8 Å². The number of nitrogens with two attached hydrogens (primary N) is 1. The number of benzene rings is 2. The van der Waals surface area contributed by atoms with Gasteiger partial charge in [0.25, 0.3) is 0 Å². The van der Waals surface area contributed by atoms with Crippen LogP contribution in [0.4, 0.5) is 0 Å². The van der Waals surface area contributed by atoms with Crippen molar-refractivity contribution in [1.29, 1.82) is 0 Å². The molecule has 0 aromatic heterocycles. The number of halogens is 1. The Balaban J connectivity index is 2.37. The third-order valence-electron chi connectivity index (χ3n) is 4.36. The minimum absolute atomic E-state index is 0.0242. The van der Waals surface area contributed by atoms with Crippen molar-refractivity contribution in [2.75, 3.05) is 6.61 Å². The summed E-state index contributed by atoms with van der Waals surface area (Å²) >= 11 is 3.43. The Labute approximate surface area is 145 Å². The SMILES string of the molecule is C[C@H](c1ccc(Br)cc1)C(C(N)=O)C(CCO)c1ccccc1. The molecule has 0 heterocycles. The summed E-state index contributed by atoms with van der Waals surface area (Å²) in [4.78, 5) is 12.2. The smallest absolute Gasteiger partial charge is 0.221 e. The first-order valence-corrected chi connectivity index (χ1v) is 8.54. The average Bonchev–Trinajstić information content (AvgIpc) is 2.55. The first-order valence-electron chi connectivity index (χ1n) is 7.75. The second-order valence-electron chi connectivity index (χ2n) is 5.80. The van der Waals surface area contributed by atoms with Gasteiger partial charge in [-0.3, -0.25) is 4.79 Å². The lowest BCUT2D eigenvalue weighted by molar-refractivity contribution is -0.123. The molecule has 0 radical (unpaired) electrons. The molecule has 3 nitrogen and oxygen atoms in total. The molecule has 1 amide bonds. The van der Waals surface area contributed by atoms with Crippen LogP contribution >= 0.6 is 15.9 Å². The number of aliphatic hydroxyl groups is 1. The van der Waals surface area contributed by atoms with Crippen molar-refractivity contribution in [2.45, 2.75) is 25.2 Å². The topological polar surface area (TPSA) is 63.3 Å². The van der Waals surface area contributed by atoms with Gasteiger partial charge in [-0.25, -0.2) is 0 Å². The van der Waals surface area contributed by atoms with E-state index in [1.807, 2.05) is 61.5 Å². The largest absolute Gasteiger partial charge is 0.396 e. The predicted molar refractivity (Wildman–Crippen MR) is 96.1 cm³/mol. The van der Waals surface area contributed by atoms with E-state index in [4.69, 9.17) is 5.73 Å². The Hall–Kier alpha value is -1.65. The lowest BCUT2D eigenvalue weighted by Crippen LogP contribution is -2.33. The zero-order valence-corrected chi connectivity index (χ0v) is 14.7. The molecule has 0 aliphatic heterocycles. The summed E-state index contributed by atoms with van der Waals surface area (Å²) in [5.41, 5.74) is 7.85. The molecule has 0 fully saturated rings. The Kier molecular flexibility index (Phi) is 6.37. The van der Waals surface area contributed by atoms with E-state index >= 15 is 0 Å². The maximum Gasteiger partial charge on any atom is 0.221 e. The van der Waals surface area contributed by atoms with E-state index in [1.54, 1.807) is 0 Å². The van der Waals surface area contributed by atoms with Crippen LogP contribution in [0.3, 0.4) is 0 Å². The fourth-order valence-corrected chi connectivity index (χ4v) is 3.42. The highest BCUT2D eigenvalue weighted by Crippen LogP contribution is 2.38. The summed E-state index contributed by atoms with van der Waals surface area (Å²) in [6.45, 7) is 2.04. The van der Waals surface area contributed by atoms with Gasteiger partial charge in [0.1, 0.15) is 0 Å². The van der Waals surface area contributed by atoms with Crippen LogP contribution < -0.4 is 5.73 Å². The fraction of sp³-hybridized carbons (Fsp3) is 0.316.